The predicted octanol–water partition coefficient (Wildman–Crippen LogP) is 0.0988. The molecule has 3 N–H and O–H groups in total. The molecule has 2 saturated heterocycles. The van der Waals surface area contributed by atoms with Gasteiger partial charge in [0.15, 0.2) is 0 Å². The minimum Gasteiger partial charge on any atom is -0.350 e. The lowest BCUT2D eigenvalue weighted by Gasteiger charge is -2.31. The van der Waals surface area contributed by atoms with Crippen molar-refractivity contribution >= 4 is 15.9 Å². The quantitative estimate of drug-likeness (QED) is 0.670. The van der Waals surface area contributed by atoms with Crippen LogP contribution in [0.3, 0.4) is 0 Å². The Morgan fingerprint density at radius 3 is 2.88 bits per heavy atom. The van der Waals surface area contributed by atoms with E-state index in [-0.39, 0.29) is 28.4 Å². The average Bonchev–Trinajstić information content (AvgIpc) is 3.05. The molecule has 0 aliphatic carbocycles. The van der Waals surface area contributed by atoms with E-state index in [0.717, 1.165) is 0 Å². The number of halogens is 1. The molecule has 9 heteroatoms. The summed E-state index contributed by atoms with van der Waals surface area (Å²) in [7, 11) is -3.64. The number of sulfonamides is 1. The first-order valence-electron chi connectivity index (χ1n) is 8.85. The number of nitrogens with one attached hydrogen (secondary N) is 3. The molecule has 1 aromatic rings. The maximum atomic E-state index is 13.2. The van der Waals surface area contributed by atoms with Gasteiger partial charge in [0.1, 0.15) is 6.17 Å². The summed E-state index contributed by atoms with van der Waals surface area (Å²) in [5.74, 6) is -0.361. The zero-order valence-electron chi connectivity index (χ0n) is 14.7. The fraction of sp³-hybridized carbons (Fsp3) is 0.588. The van der Waals surface area contributed by atoms with Crippen molar-refractivity contribution in [3.63, 3.8) is 0 Å². The van der Waals surface area contributed by atoms with E-state index in [2.05, 4.69) is 16.0 Å². The first-order chi connectivity index (χ1) is 12.4. The van der Waals surface area contributed by atoms with Crippen LogP contribution < -0.4 is 16.0 Å². The van der Waals surface area contributed by atoms with Crippen molar-refractivity contribution in [2.45, 2.75) is 36.5 Å². The summed E-state index contributed by atoms with van der Waals surface area (Å²) in [6.07, 6.45) is -0.512. The Labute approximate surface area is 153 Å². The molecule has 0 unspecified atom stereocenters. The number of rotatable bonds is 5. The molecule has 2 fully saturated rings. The SMILES string of the molecule is C[C@@H]1CN(S(=O)(=O)c2cccc(C(=O)NC[C@@H]3C[C@H](F)CN3)c2)CCN1. The zero-order valence-corrected chi connectivity index (χ0v) is 15.6. The smallest absolute Gasteiger partial charge is 0.251 e. The van der Waals surface area contributed by atoms with E-state index in [1.807, 2.05) is 6.92 Å². The van der Waals surface area contributed by atoms with Crippen LogP contribution >= 0.6 is 0 Å². The molecule has 2 aliphatic heterocycles. The third kappa shape index (κ3) is 4.40. The number of carbonyl (C=O) groups excluding carboxylic acids is 1. The molecule has 0 bridgehead atoms. The molecule has 1 amide bonds. The monoisotopic (exact) mass is 384 g/mol. The van der Waals surface area contributed by atoms with Crippen molar-refractivity contribution in [2.75, 3.05) is 32.7 Å². The summed E-state index contributed by atoms with van der Waals surface area (Å²) in [5.41, 5.74) is 0.282. The molecule has 0 spiro atoms. The van der Waals surface area contributed by atoms with E-state index in [1.165, 1.54) is 16.4 Å². The zero-order chi connectivity index (χ0) is 18.7. The standard InChI is InChI=1S/C17H25FN4O3S/c1-12-11-22(6-5-19-12)26(24,25)16-4-2-3-13(7-16)17(23)21-10-15-8-14(18)9-20-15/h2-4,7,12,14-15,19-20H,5-6,8-11H2,1H3,(H,21,23)/t12-,14+,15+/m1/s1. The number of alkyl halides is 1. The van der Waals surface area contributed by atoms with Crippen LogP contribution in [0.1, 0.15) is 23.7 Å². The molecular formula is C17H25FN4O3S. The number of hydrogen-bond acceptors (Lipinski definition) is 5. The summed E-state index contributed by atoms with van der Waals surface area (Å²) < 4.78 is 40.2. The highest BCUT2D eigenvalue weighted by Crippen LogP contribution is 2.19. The molecule has 0 radical (unpaired) electrons. The van der Waals surface area contributed by atoms with Gasteiger partial charge in [-0.15, -0.1) is 0 Å². The Morgan fingerprint density at radius 1 is 1.38 bits per heavy atom. The molecule has 2 aliphatic rings. The van der Waals surface area contributed by atoms with Gasteiger partial charge in [-0.05, 0) is 31.5 Å². The van der Waals surface area contributed by atoms with E-state index in [0.29, 0.717) is 39.1 Å². The molecule has 1 aromatic carbocycles. The van der Waals surface area contributed by atoms with Gasteiger partial charge in [-0.25, -0.2) is 12.8 Å². The highest BCUT2D eigenvalue weighted by Gasteiger charge is 2.29. The largest absolute Gasteiger partial charge is 0.350 e. The number of benzene rings is 1. The summed E-state index contributed by atoms with van der Waals surface area (Å²) in [6.45, 7) is 3.95. The van der Waals surface area contributed by atoms with Crippen molar-refractivity contribution in [1.82, 2.24) is 20.3 Å². The lowest BCUT2D eigenvalue weighted by molar-refractivity contribution is 0.0949. The number of amides is 1. The Kier molecular flexibility index (Phi) is 5.91. The van der Waals surface area contributed by atoms with E-state index < -0.39 is 16.2 Å². The third-order valence-electron chi connectivity index (χ3n) is 4.74. The Morgan fingerprint density at radius 2 is 2.19 bits per heavy atom. The van der Waals surface area contributed by atoms with Gasteiger partial charge < -0.3 is 16.0 Å². The fourth-order valence-electron chi connectivity index (χ4n) is 3.31. The number of piperazine rings is 1. The molecule has 144 valence electrons. The highest BCUT2D eigenvalue weighted by atomic mass is 32.2. The third-order valence-corrected chi connectivity index (χ3v) is 6.60. The fourth-order valence-corrected chi connectivity index (χ4v) is 4.88. The molecular weight excluding hydrogens is 359 g/mol. The van der Waals surface area contributed by atoms with Gasteiger partial charge >= 0.3 is 0 Å². The predicted molar refractivity (Wildman–Crippen MR) is 96.3 cm³/mol. The molecule has 0 saturated carbocycles. The van der Waals surface area contributed by atoms with E-state index in [1.54, 1.807) is 12.1 Å². The maximum absolute atomic E-state index is 13.2. The van der Waals surface area contributed by atoms with Crippen LogP contribution in [0.4, 0.5) is 4.39 Å². The van der Waals surface area contributed by atoms with Crippen LogP contribution in [0.5, 0.6) is 0 Å². The van der Waals surface area contributed by atoms with Crippen LogP contribution in [0.25, 0.3) is 0 Å². The number of nitrogens with zero attached hydrogens (tertiary/aromatic N) is 1. The Hall–Kier alpha value is -1.55. The van der Waals surface area contributed by atoms with Crippen molar-refractivity contribution in [2.24, 2.45) is 0 Å². The molecule has 2 heterocycles. The van der Waals surface area contributed by atoms with Gasteiger partial charge in [0.05, 0.1) is 4.90 Å². The molecule has 3 atom stereocenters. The summed E-state index contributed by atoms with van der Waals surface area (Å²) in [5, 5.41) is 8.95. The lowest BCUT2D eigenvalue weighted by atomic mass is 10.2. The second kappa shape index (κ2) is 7.99. The van der Waals surface area contributed by atoms with Crippen LogP contribution in [-0.2, 0) is 10.0 Å². The number of hydrogen-bond donors (Lipinski definition) is 3. The van der Waals surface area contributed by atoms with Crippen LogP contribution in [0, 0.1) is 0 Å². The second-order valence-corrected chi connectivity index (χ2v) is 8.83. The molecule has 3 rings (SSSR count). The van der Waals surface area contributed by atoms with Gasteiger partial charge in [-0.3, -0.25) is 4.79 Å². The second-order valence-electron chi connectivity index (χ2n) is 6.89. The Bertz CT molecular complexity index is 758. The molecule has 26 heavy (non-hydrogen) atoms. The van der Waals surface area contributed by atoms with E-state index in [4.69, 9.17) is 0 Å². The first kappa shape index (κ1) is 19.2. The first-order valence-corrected chi connectivity index (χ1v) is 10.3. The van der Waals surface area contributed by atoms with Crippen molar-refractivity contribution in [1.29, 1.82) is 0 Å². The summed E-state index contributed by atoms with van der Waals surface area (Å²) in [4.78, 5) is 12.5. The lowest BCUT2D eigenvalue weighted by Crippen LogP contribution is -2.51. The van der Waals surface area contributed by atoms with Gasteiger partial charge in [0, 0.05) is 50.4 Å². The minimum atomic E-state index is -3.64. The van der Waals surface area contributed by atoms with Crippen LogP contribution in [0.15, 0.2) is 29.2 Å². The number of carbonyl (C=O) groups is 1. The summed E-state index contributed by atoms with van der Waals surface area (Å²) >= 11 is 0. The van der Waals surface area contributed by atoms with E-state index in [9.17, 15) is 17.6 Å². The van der Waals surface area contributed by atoms with Gasteiger partial charge in [-0.1, -0.05) is 6.07 Å². The maximum Gasteiger partial charge on any atom is 0.251 e. The average molecular weight is 384 g/mol. The van der Waals surface area contributed by atoms with Crippen LogP contribution in [0.2, 0.25) is 0 Å². The van der Waals surface area contributed by atoms with Gasteiger partial charge in [-0.2, -0.15) is 4.31 Å². The van der Waals surface area contributed by atoms with Gasteiger partial charge in [0.25, 0.3) is 5.91 Å². The minimum absolute atomic E-state index is 0.0863. The van der Waals surface area contributed by atoms with Crippen LogP contribution in [-0.4, -0.2) is 69.6 Å². The van der Waals surface area contributed by atoms with E-state index >= 15 is 0 Å². The highest BCUT2D eigenvalue weighted by molar-refractivity contribution is 7.89. The topological polar surface area (TPSA) is 90.5 Å². The summed E-state index contributed by atoms with van der Waals surface area (Å²) in [6, 6.07) is 6.04. The Balaban J connectivity index is 1.68. The molecule has 7 nitrogen and oxygen atoms in total. The van der Waals surface area contributed by atoms with Crippen molar-refractivity contribution in [3.8, 4) is 0 Å². The normalized spacial score (nSPS) is 27.4. The van der Waals surface area contributed by atoms with Gasteiger partial charge in [0.2, 0.25) is 10.0 Å². The molecule has 0 aromatic heterocycles. The van der Waals surface area contributed by atoms with Crippen molar-refractivity contribution in [3.05, 3.63) is 29.8 Å². The van der Waals surface area contributed by atoms with Crippen molar-refractivity contribution < 1.29 is 17.6 Å².